The number of amides is 1. The van der Waals surface area contributed by atoms with Gasteiger partial charge in [-0.1, -0.05) is 12.8 Å². The highest BCUT2D eigenvalue weighted by Gasteiger charge is 2.42. The van der Waals surface area contributed by atoms with Crippen LogP contribution < -0.4 is 15.5 Å². The molecule has 3 heterocycles. The van der Waals surface area contributed by atoms with Crippen LogP contribution in [-0.2, 0) is 11.3 Å². The molecule has 0 spiro atoms. The molecular formula is C17H25ClF2N4O. The van der Waals surface area contributed by atoms with E-state index in [2.05, 4.69) is 20.5 Å². The van der Waals surface area contributed by atoms with Gasteiger partial charge in [0.05, 0.1) is 12.6 Å². The van der Waals surface area contributed by atoms with Gasteiger partial charge >= 0.3 is 0 Å². The van der Waals surface area contributed by atoms with Gasteiger partial charge in [-0.25, -0.2) is 13.8 Å². The Hall–Kier alpha value is -1.47. The number of anilines is 1. The van der Waals surface area contributed by atoms with Crippen molar-refractivity contribution in [1.29, 1.82) is 0 Å². The average molecular weight is 375 g/mol. The van der Waals surface area contributed by atoms with E-state index in [0.717, 1.165) is 24.5 Å². The van der Waals surface area contributed by atoms with Crippen molar-refractivity contribution >= 4 is 24.1 Å². The molecular weight excluding hydrogens is 350 g/mol. The fourth-order valence-electron chi connectivity index (χ4n) is 3.26. The van der Waals surface area contributed by atoms with Crippen molar-refractivity contribution < 1.29 is 13.6 Å². The van der Waals surface area contributed by atoms with Crippen molar-refractivity contribution in [3.63, 3.8) is 0 Å². The minimum absolute atomic E-state index is 0. The molecule has 1 aromatic rings. The highest BCUT2D eigenvalue weighted by Crippen LogP contribution is 2.25. The van der Waals surface area contributed by atoms with E-state index in [9.17, 15) is 13.6 Å². The van der Waals surface area contributed by atoms with Crippen LogP contribution in [0.3, 0.4) is 0 Å². The predicted molar refractivity (Wildman–Crippen MR) is 95.4 cm³/mol. The first-order valence-corrected chi connectivity index (χ1v) is 8.62. The number of carbonyl (C=O) groups is 1. The molecule has 1 atom stereocenters. The largest absolute Gasteiger partial charge is 0.357 e. The molecule has 5 nitrogen and oxygen atoms in total. The number of pyridine rings is 1. The lowest BCUT2D eigenvalue weighted by Crippen LogP contribution is -2.40. The summed E-state index contributed by atoms with van der Waals surface area (Å²) in [5.74, 6) is -2.24. The fraction of sp³-hybridized carbons (Fsp3) is 0.647. The summed E-state index contributed by atoms with van der Waals surface area (Å²) in [5, 5.41) is 5.31. The topological polar surface area (TPSA) is 57.3 Å². The Kier molecular flexibility index (Phi) is 6.95. The van der Waals surface area contributed by atoms with Gasteiger partial charge in [0.25, 0.3) is 5.92 Å². The Morgan fingerprint density at radius 2 is 2.04 bits per heavy atom. The summed E-state index contributed by atoms with van der Waals surface area (Å²) in [6.07, 6.45) is 6.16. The first-order valence-electron chi connectivity index (χ1n) is 8.62. The van der Waals surface area contributed by atoms with Crippen molar-refractivity contribution in [2.45, 2.75) is 50.6 Å². The number of nitrogens with zero attached hydrogens (tertiary/aromatic N) is 2. The van der Waals surface area contributed by atoms with E-state index in [1.165, 1.54) is 25.7 Å². The Morgan fingerprint density at radius 3 is 2.68 bits per heavy atom. The number of rotatable bonds is 4. The highest BCUT2D eigenvalue weighted by molar-refractivity contribution is 5.85. The van der Waals surface area contributed by atoms with Crippen molar-refractivity contribution in [2.75, 3.05) is 24.5 Å². The van der Waals surface area contributed by atoms with Gasteiger partial charge in [0, 0.05) is 32.3 Å². The van der Waals surface area contributed by atoms with Crippen LogP contribution in [0.1, 0.15) is 37.7 Å². The minimum atomic E-state index is -2.79. The zero-order valence-electron chi connectivity index (χ0n) is 14.1. The summed E-state index contributed by atoms with van der Waals surface area (Å²) >= 11 is 0. The van der Waals surface area contributed by atoms with E-state index in [-0.39, 0.29) is 18.3 Å². The lowest BCUT2D eigenvalue weighted by atomic mass is 10.1. The fourth-order valence-corrected chi connectivity index (χ4v) is 3.26. The molecule has 1 aromatic heterocycles. The molecule has 1 unspecified atom stereocenters. The first-order chi connectivity index (χ1) is 11.5. The number of hydrogen-bond acceptors (Lipinski definition) is 4. The van der Waals surface area contributed by atoms with E-state index in [1.54, 1.807) is 6.20 Å². The highest BCUT2D eigenvalue weighted by atomic mass is 35.5. The first kappa shape index (κ1) is 19.8. The van der Waals surface area contributed by atoms with Gasteiger partial charge in [-0.3, -0.25) is 10.1 Å². The summed E-state index contributed by atoms with van der Waals surface area (Å²) in [6, 6.07) is 3.01. The van der Waals surface area contributed by atoms with Crippen molar-refractivity contribution in [1.82, 2.24) is 15.6 Å². The second-order valence-corrected chi connectivity index (χ2v) is 6.63. The summed E-state index contributed by atoms with van der Waals surface area (Å²) in [5.41, 5.74) is 0.933. The third-order valence-electron chi connectivity index (χ3n) is 4.63. The average Bonchev–Trinajstić information content (AvgIpc) is 2.78. The Labute approximate surface area is 153 Å². The van der Waals surface area contributed by atoms with E-state index in [0.29, 0.717) is 6.54 Å². The standard InChI is InChI=1S/C17H24F2N4O.ClH/c18-17(19)10-14(22-12-17)16(24)21-11-13-5-6-20-15(9-13)23-7-3-1-2-4-8-23;/h5-6,9,14,22H,1-4,7-8,10-12H2,(H,21,24);1H. The van der Waals surface area contributed by atoms with Gasteiger partial charge < -0.3 is 10.2 Å². The molecule has 8 heteroatoms. The third kappa shape index (κ3) is 5.51. The Morgan fingerprint density at radius 1 is 1.32 bits per heavy atom. The molecule has 0 bridgehead atoms. The maximum absolute atomic E-state index is 13.2. The number of carbonyl (C=O) groups excluding carboxylic acids is 1. The van der Waals surface area contributed by atoms with Crippen LogP contribution in [0.25, 0.3) is 0 Å². The molecule has 0 radical (unpaired) electrons. The summed E-state index contributed by atoms with van der Waals surface area (Å²) in [4.78, 5) is 18.7. The van der Waals surface area contributed by atoms with Crippen LogP contribution in [-0.4, -0.2) is 42.5 Å². The molecule has 25 heavy (non-hydrogen) atoms. The van der Waals surface area contributed by atoms with Gasteiger partial charge in [0.1, 0.15) is 5.82 Å². The Balaban J connectivity index is 0.00000225. The zero-order valence-corrected chi connectivity index (χ0v) is 15.0. The van der Waals surface area contributed by atoms with E-state index < -0.39 is 24.9 Å². The molecule has 2 aliphatic heterocycles. The normalized spacial score (nSPS) is 22.8. The van der Waals surface area contributed by atoms with Crippen LogP contribution in [0, 0.1) is 0 Å². The van der Waals surface area contributed by atoms with E-state index >= 15 is 0 Å². The van der Waals surface area contributed by atoms with Crippen LogP contribution in [0.5, 0.6) is 0 Å². The molecule has 2 N–H and O–H groups in total. The molecule has 0 saturated carbocycles. The quantitative estimate of drug-likeness (QED) is 0.850. The summed E-state index contributed by atoms with van der Waals surface area (Å²) < 4.78 is 26.3. The molecule has 2 fully saturated rings. The van der Waals surface area contributed by atoms with Crippen LogP contribution in [0.15, 0.2) is 18.3 Å². The Bertz CT molecular complexity index is 580. The molecule has 2 aliphatic rings. The van der Waals surface area contributed by atoms with Crippen molar-refractivity contribution in [3.8, 4) is 0 Å². The van der Waals surface area contributed by atoms with Crippen molar-refractivity contribution in [2.24, 2.45) is 0 Å². The van der Waals surface area contributed by atoms with Crippen molar-refractivity contribution in [3.05, 3.63) is 23.9 Å². The molecule has 2 saturated heterocycles. The van der Waals surface area contributed by atoms with Crippen LogP contribution in [0.4, 0.5) is 14.6 Å². The SMILES string of the molecule is Cl.O=C(NCc1ccnc(N2CCCCCC2)c1)C1CC(F)(F)CN1. The molecule has 3 rings (SSSR count). The molecule has 1 amide bonds. The smallest absolute Gasteiger partial charge is 0.262 e. The number of halogens is 3. The number of aromatic nitrogens is 1. The van der Waals surface area contributed by atoms with Gasteiger partial charge in [0.2, 0.25) is 5.91 Å². The molecule has 0 aliphatic carbocycles. The van der Waals surface area contributed by atoms with Gasteiger partial charge in [-0.2, -0.15) is 0 Å². The summed E-state index contributed by atoms with van der Waals surface area (Å²) in [6.45, 7) is 1.90. The predicted octanol–water partition coefficient (Wildman–Crippen LogP) is 2.50. The maximum Gasteiger partial charge on any atom is 0.262 e. The number of hydrogen-bond donors (Lipinski definition) is 2. The zero-order chi connectivity index (χ0) is 17.0. The van der Waals surface area contributed by atoms with E-state index in [4.69, 9.17) is 0 Å². The monoisotopic (exact) mass is 374 g/mol. The lowest BCUT2D eigenvalue weighted by Gasteiger charge is -2.22. The second kappa shape index (κ2) is 8.76. The van der Waals surface area contributed by atoms with Crippen LogP contribution >= 0.6 is 12.4 Å². The summed E-state index contributed by atoms with van der Waals surface area (Å²) in [7, 11) is 0. The minimum Gasteiger partial charge on any atom is -0.357 e. The number of alkyl halides is 2. The molecule has 140 valence electrons. The van der Waals surface area contributed by atoms with Gasteiger partial charge in [-0.15, -0.1) is 12.4 Å². The second-order valence-electron chi connectivity index (χ2n) is 6.63. The van der Waals surface area contributed by atoms with Gasteiger partial charge in [0.15, 0.2) is 0 Å². The van der Waals surface area contributed by atoms with E-state index in [1.807, 2.05) is 12.1 Å². The number of nitrogens with one attached hydrogen (secondary N) is 2. The molecule has 0 aromatic carbocycles. The van der Waals surface area contributed by atoms with Gasteiger partial charge in [-0.05, 0) is 30.5 Å². The third-order valence-corrected chi connectivity index (χ3v) is 4.63. The van der Waals surface area contributed by atoms with Crippen LogP contribution in [0.2, 0.25) is 0 Å². The lowest BCUT2D eigenvalue weighted by molar-refractivity contribution is -0.123. The maximum atomic E-state index is 13.2.